The molecule has 1 unspecified atom stereocenters. The van der Waals surface area contributed by atoms with Gasteiger partial charge in [-0.05, 0) is 30.7 Å². The Kier molecular flexibility index (Phi) is 4.24. The van der Waals surface area contributed by atoms with Crippen molar-refractivity contribution in [2.45, 2.75) is 31.7 Å². The SMILES string of the molecule is CCc1cnn2c1C(=O)N(c1ccc(C(F)(F)F)cc1)CC2C(F)(F)F. The summed E-state index contributed by atoms with van der Waals surface area (Å²) >= 11 is 0. The normalized spacial score (nSPS) is 18.2. The van der Waals surface area contributed by atoms with Crippen LogP contribution in [0.15, 0.2) is 30.5 Å². The highest BCUT2D eigenvalue weighted by atomic mass is 19.4. The molecule has 1 aromatic heterocycles. The van der Waals surface area contributed by atoms with Gasteiger partial charge in [-0.25, -0.2) is 4.68 Å². The lowest BCUT2D eigenvalue weighted by molar-refractivity contribution is -0.168. The zero-order valence-corrected chi connectivity index (χ0v) is 13.4. The maximum atomic E-state index is 13.4. The summed E-state index contributed by atoms with van der Waals surface area (Å²) in [5.41, 5.74) is -0.828. The Hall–Kier alpha value is -2.52. The van der Waals surface area contributed by atoms with Crippen LogP contribution >= 0.6 is 0 Å². The van der Waals surface area contributed by atoms with Gasteiger partial charge in [0.05, 0.1) is 18.3 Å². The number of rotatable bonds is 2. The summed E-state index contributed by atoms with van der Waals surface area (Å²) in [5.74, 6) is -0.723. The fourth-order valence-electron chi connectivity index (χ4n) is 2.88. The van der Waals surface area contributed by atoms with Crippen LogP contribution in [0.1, 0.15) is 34.6 Å². The molecular formula is C16H13F6N3O. The minimum Gasteiger partial charge on any atom is -0.305 e. The number of hydrogen-bond acceptors (Lipinski definition) is 2. The Balaban J connectivity index is 2.05. The smallest absolute Gasteiger partial charge is 0.305 e. The summed E-state index contributed by atoms with van der Waals surface area (Å²) in [6.45, 7) is 0.913. The van der Waals surface area contributed by atoms with Crippen LogP contribution in [0.25, 0.3) is 0 Å². The number of hydrogen-bond donors (Lipinski definition) is 0. The first-order chi connectivity index (χ1) is 12.0. The number of anilines is 1. The van der Waals surface area contributed by atoms with Crippen LogP contribution < -0.4 is 4.90 Å². The van der Waals surface area contributed by atoms with E-state index in [1.165, 1.54) is 6.20 Å². The third-order valence-corrected chi connectivity index (χ3v) is 4.23. The Labute approximate surface area is 144 Å². The van der Waals surface area contributed by atoms with Crippen LogP contribution in [0, 0.1) is 0 Å². The molecule has 0 saturated heterocycles. The van der Waals surface area contributed by atoms with Crippen LogP contribution in [-0.2, 0) is 12.6 Å². The molecule has 0 N–H and O–H groups in total. The Morgan fingerprint density at radius 3 is 2.23 bits per heavy atom. The molecule has 0 bridgehead atoms. The molecule has 0 aliphatic carbocycles. The first kappa shape index (κ1) is 18.3. The molecule has 1 atom stereocenters. The highest BCUT2D eigenvalue weighted by Gasteiger charge is 2.48. The van der Waals surface area contributed by atoms with Crippen LogP contribution in [0.2, 0.25) is 0 Å². The van der Waals surface area contributed by atoms with E-state index in [4.69, 9.17) is 0 Å². The average Bonchev–Trinajstić information content (AvgIpc) is 2.98. The third-order valence-electron chi connectivity index (χ3n) is 4.23. The largest absolute Gasteiger partial charge is 0.416 e. The molecule has 0 saturated carbocycles. The number of benzene rings is 1. The second kappa shape index (κ2) is 6.03. The van der Waals surface area contributed by atoms with Gasteiger partial charge in [0, 0.05) is 11.3 Å². The number of aryl methyl sites for hydroxylation is 1. The van der Waals surface area contributed by atoms with Crippen LogP contribution in [-0.4, -0.2) is 28.4 Å². The molecule has 1 aliphatic heterocycles. The molecule has 0 fully saturated rings. The van der Waals surface area contributed by atoms with Crippen molar-refractivity contribution in [3.63, 3.8) is 0 Å². The molecule has 2 heterocycles. The predicted octanol–water partition coefficient (Wildman–Crippen LogP) is 4.23. The van der Waals surface area contributed by atoms with Crippen molar-refractivity contribution in [1.82, 2.24) is 9.78 Å². The number of carbonyl (C=O) groups is 1. The molecule has 10 heteroatoms. The third kappa shape index (κ3) is 3.04. The molecule has 0 spiro atoms. The predicted molar refractivity (Wildman–Crippen MR) is 79.8 cm³/mol. The van der Waals surface area contributed by atoms with Crippen LogP contribution in [0.3, 0.4) is 0 Å². The fourth-order valence-corrected chi connectivity index (χ4v) is 2.88. The van der Waals surface area contributed by atoms with Crippen LogP contribution in [0.5, 0.6) is 0 Å². The number of amides is 1. The van der Waals surface area contributed by atoms with Gasteiger partial charge in [0.15, 0.2) is 6.04 Å². The Morgan fingerprint density at radius 1 is 1.12 bits per heavy atom. The van der Waals surface area contributed by atoms with Crippen molar-refractivity contribution in [3.05, 3.63) is 47.3 Å². The molecule has 0 radical (unpaired) electrons. The standard InChI is InChI=1S/C16H13F6N3O/c1-2-9-7-23-25-12(16(20,21)22)8-24(14(26)13(9)25)11-5-3-10(4-6-11)15(17,18)19/h3-7,12H,2,8H2,1H3. The van der Waals surface area contributed by atoms with Gasteiger partial charge in [-0.15, -0.1) is 0 Å². The summed E-state index contributed by atoms with van der Waals surface area (Å²) < 4.78 is 78.9. The van der Waals surface area contributed by atoms with Crippen LogP contribution in [0.4, 0.5) is 32.0 Å². The van der Waals surface area contributed by atoms with E-state index in [2.05, 4.69) is 5.10 Å². The minimum atomic E-state index is -4.67. The van der Waals surface area contributed by atoms with E-state index in [0.717, 1.165) is 29.2 Å². The van der Waals surface area contributed by atoms with Gasteiger partial charge in [-0.3, -0.25) is 4.79 Å². The summed E-state index contributed by atoms with van der Waals surface area (Å²) in [4.78, 5) is 13.5. The van der Waals surface area contributed by atoms with Crippen molar-refractivity contribution in [3.8, 4) is 0 Å². The number of nitrogens with zero attached hydrogens (tertiary/aromatic N) is 3. The van der Waals surface area contributed by atoms with Gasteiger partial charge in [0.2, 0.25) is 0 Å². The van der Waals surface area contributed by atoms with Gasteiger partial charge in [0.25, 0.3) is 5.91 Å². The maximum absolute atomic E-state index is 13.4. The van der Waals surface area contributed by atoms with Gasteiger partial charge >= 0.3 is 12.4 Å². The summed E-state index contributed by atoms with van der Waals surface area (Å²) in [6, 6.07) is 1.38. The molecule has 1 amide bonds. The van der Waals surface area contributed by atoms with Gasteiger partial charge in [-0.1, -0.05) is 6.92 Å². The molecule has 26 heavy (non-hydrogen) atoms. The van der Waals surface area contributed by atoms with E-state index in [-0.39, 0.29) is 11.4 Å². The zero-order chi connectivity index (χ0) is 19.3. The fraction of sp³-hybridized carbons (Fsp3) is 0.375. The summed E-state index contributed by atoms with van der Waals surface area (Å²) in [7, 11) is 0. The number of fused-ring (bicyclic) bond motifs is 1. The molecule has 4 nitrogen and oxygen atoms in total. The molecule has 3 rings (SSSR count). The van der Waals surface area contributed by atoms with E-state index in [1.54, 1.807) is 6.92 Å². The van der Waals surface area contributed by atoms with E-state index >= 15 is 0 Å². The highest BCUT2D eigenvalue weighted by molar-refractivity contribution is 6.06. The monoisotopic (exact) mass is 377 g/mol. The van der Waals surface area contributed by atoms with Gasteiger partial charge in [0.1, 0.15) is 5.69 Å². The topological polar surface area (TPSA) is 38.1 Å². The van der Waals surface area contributed by atoms with E-state index in [1.807, 2.05) is 0 Å². The average molecular weight is 377 g/mol. The lowest BCUT2D eigenvalue weighted by atomic mass is 10.1. The first-order valence-corrected chi connectivity index (χ1v) is 7.66. The number of halogens is 6. The Morgan fingerprint density at radius 2 is 1.73 bits per heavy atom. The summed E-state index contributed by atoms with van der Waals surface area (Å²) in [5, 5.41) is 3.70. The molecule has 1 aliphatic rings. The maximum Gasteiger partial charge on any atom is 0.416 e. The Bertz CT molecular complexity index is 822. The molecular weight excluding hydrogens is 364 g/mol. The number of aromatic nitrogens is 2. The van der Waals surface area contributed by atoms with Gasteiger partial charge in [-0.2, -0.15) is 31.4 Å². The van der Waals surface area contributed by atoms with E-state index in [9.17, 15) is 31.1 Å². The van der Waals surface area contributed by atoms with Crippen molar-refractivity contribution >= 4 is 11.6 Å². The summed E-state index contributed by atoms with van der Waals surface area (Å²) in [6.07, 6.45) is -7.74. The van der Waals surface area contributed by atoms with E-state index < -0.39 is 36.4 Å². The number of carbonyl (C=O) groups excluding carboxylic acids is 1. The zero-order valence-electron chi connectivity index (χ0n) is 13.4. The lowest BCUT2D eigenvalue weighted by Gasteiger charge is -2.35. The van der Waals surface area contributed by atoms with Crippen molar-refractivity contribution in [1.29, 1.82) is 0 Å². The highest BCUT2D eigenvalue weighted by Crippen LogP contribution is 2.38. The minimum absolute atomic E-state index is 0.0354. The molecule has 1 aromatic carbocycles. The van der Waals surface area contributed by atoms with Crippen molar-refractivity contribution < 1.29 is 31.1 Å². The second-order valence-corrected chi connectivity index (χ2v) is 5.83. The lowest BCUT2D eigenvalue weighted by Crippen LogP contribution is -2.48. The molecule has 2 aromatic rings. The van der Waals surface area contributed by atoms with Crippen molar-refractivity contribution in [2.24, 2.45) is 0 Å². The quantitative estimate of drug-likeness (QED) is 0.735. The van der Waals surface area contributed by atoms with Gasteiger partial charge < -0.3 is 4.90 Å². The van der Waals surface area contributed by atoms with Crippen molar-refractivity contribution in [2.75, 3.05) is 11.4 Å². The molecule has 140 valence electrons. The second-order valence-electron chi connectivity index (χ2n) is 5.83. The first-order valence-electron chi connectivity index (χ1n) is 7.66. The van der Waals surface area contributed by atoms with E-state index in [0.29, 0.717) is 16.7 Å². The number of alkyl halides is 6.